The number of aryl methyl sites for hydroxylation is 2. The lowest BCUT2D eigenvalue weighted by Gasteiger charge is -2.38. The van der Waals surface area contributed by atoms with Crippen LogP contribution in [0, 0.1) is 13.8 Å². The van der Waals surface area contributed by atoms with E-state index in [1.165, 1.54) is 0 Å². The second-order valence-electron chi connectivity index (χ2n) is 6.20. The predicted molar refractivity (Wildman–Crippen MR) is 91.3 cm³/mol. The van der Waals surface area contributed by atoms with Crippen LogP contribution in [0.5, 0.6) is 5.75 Å². The minimum absolute atomic E-state index is 0.445. The third-order valence-corrected chi connectivity index (χ3v) is 5.23. The van der Waals surface area contributed by atoms with Gasteiger partial charge in [-0.3, -0.25) is 9.88 Å². The topological polar surface area (TPSA) is 75.6 Å². The predicted octanol–water partition coefficient (Wildman–Crippen LogP) is 2.65. The minimum Gasteiger partial charge on any atom is -0.478 e. The van der Waals surface area contributed by atoms with Gasteiger partial charge in [0.15, 0.2) is 0 Å². The lowest BCUT2D eigenvalue weighted by atomic mass is 9.91. The number of carbonyl (C=O) groups is 1. The number of thiazole rings is 1. The number of nitrogens with zero attached hydrogens (tertiary/aromatic N) is 3. The molecule has 1 aliphatic rings. The van der Waals surface area contributed by atoms with Crippen molar-refractivity contribution < 1.29 is 14.6 Å². The number of carboxylic acid groups (broad SMARTS) is 1. The number of ether oxygens (including phenoxy) is 1. The molecule has 0 amide bonds. The standard InChI is InChI=1S/C17H21N3O3S/c1-12-3-4-14(9-18-12)23-17(16(21)22)5-7-20(8-6-17)10-15-19-13(2)11-24-15/h3-4,9,11H,5-8,10H2,1-2H3,(H,21,22). The summed E-state index contributed by atoms with van der Waals surface area (Å²) in [6, 6.07) is 3.60. The Morgan fingerprint density at radius 3 is 2.62 bits per heavy atom. The molecule has 0 saturated carbocycles. The summed E-state index contributed by atoms with van der Waals surface area (Å²) < 4.78 is 5.86. The van der Waals surface area contributed by atoms with E-state index >= 15 is 0 Å². The summed E-state index contributed by atoms with van der Waals surface area (Å²) in [4.78, 5) is 22.7. The van der Waals surface area contributed by atoms with E-state index in [9.17, 15) is 9.90 Å². The van der Waals surface area contributed by atoms with Gasteiger partial charge in [0.25, 0.3) is 0 Å². The first-order valence-corrected chi connectivity index (χ1v) is 8.83. The SMILES string of the molecule is Cc1ccc(OC2(C(=O)O)CCN(Cc3nc(C)cs3)CC2)cn1. The highest BCUT2D eigenvalue weighted by molar-refractivity contribution is 7.09. The normalized spacial score (nSPS) is 17.6. The Labute approximate surface area is 145 Å². The van der Waals surface area contributed by atoms with E-state index in [0.717, 1.165) is 22.9 Å². The summed E-state index contributed by atoms with van der Waals surface area (Å²) in [6.45, 7) is 5.97. The average molecular weight is 347 g/mol. The molecule has 2 aromatic rings. The molecule has 0 aromatic carbocycles. The molecular formula is C17H21N3O3S. The van der Waals surface area contributed by atoms with Gasteiger partial charge in [-0.05, 0) is 26.0 Å². The highest BCUT2D eigenvalue weighted by Crippen LogP contribution is 2.30. The van der Waals surface area contributed by atoms with Gasteiger partial charge < -0.3 is 9.84 Å². The Kier molecular flexibility index (Phi) is 4.82. The van der Waals surface area contributed by atoms with Crippen molar-refractivity contribution >= 4 is 17.3 Å². The first-order valence-electron chi connectivity index (χ1n) is 7.95. The molecule has 3 heterocycles. The second-order valence-corrected chi connectivity index (χ2v) is 7.14. The Hall–Kier alpha value is -1.99. The van der Waals surface area contributed by atoms with E-state index in [4.69, 9.17) is 4.74 Å². The molecule has 24 heavy (non-hydrogen) atoms. The number of carboxylic acids is 1. The lowest BCUT2D eigenvalue weighted by molar-refractivity contribution is -0.159. The van der Waals surface area contributed by atoms with Gasteiger partial charge in [-0.25, -0.2) is 9.78 Å². The van der Waals surface area contributed by atoms with Crippen LogP contribution in [0.25, 0.3) is 0 Å². The molecule has 128 valence electrons. The van der Waals surface area contributed by atoms with Crippen molar-refractivity contribution in [1.82, 2.24) is 14.9 Å². The zero-order chi connectivity index (χ0) is 17.2. The molecule has 6 nitrogen and oxygen atoms in total. The van der Waals surface area contributed by atoms with Crippen LogP contribution in [-0.2, 0) is 11.3 Å². The van der Waals surface area contributed by atoms with Crippen LogP contribution in [0.2, 0.25) is 0 Å². The lowest BCUT2D eigenvalue weighted by Crippen LogP contribution is -2.53. The molecule has 2 aromatic heterocycles. The molecule has 1 saturated heterocycles. The van der Waals surface area contributed by atoms with Crippen LogP contribution in [-0.4, -0.2) is 44.6 Å². The number of hydrogen-bond donors (Lipinski definition) is 1. The van der Waals surface area contributed by atoms with E-state index in [1.54, 1.807) is 23.6 Å². The van der Waals surface area contributed by atoms with Crippen molar-refractivity contribution in [3.05, 3.63) is 40.1 Å². The number of likely N-dealkylation sites (tertiary alicyclic amines) is 1. The van der Waals surface area contributed by atoms with Crippen molar-refractivity contribution in [3.8, 4) is 5.75 Å². The highest BCUT2D eigenvalue weighted by Gasteiger charge is 2.44. The minimum atomic E-state index is -1.17. The summed E-state index contributed by atoms with van der Waals surface area (Å²) >= 11 is 1.64. The van der Waals surface area contributed by atoms with Crippen LogP contribution in [0.4, 0.5) is 0 Å². The molecular weight excluding hydrogens is 326 g/mol. The van der Waals surface area contributed by atoms with Crippen molar-refractivity contribution in [3.63, 3.8) is 0 Å². The first kappa shape index (κ1) is 16.9. The molecule has 1 N–H and O–H groups in total. The van der Waals surface area contributed by atoms with Gasteiger partial charge in [0.1, 0.15) is 10.8 Å². The van der Waals surface area contributed by atoms with Gasteiger partial charge in [-0.15, -0.1) is 11.3 Å². The maximum atomic E-state index is 11.8. The van der Waals surface area contributed by atoms with Crippen LogP contribution in [0.3, 0.4) is 0 Å². The number of hydrogen-bond acceptors (Lipinski definition) is 6. The van der Waals surface area contributed by atoms with Crippen LogP contribution in [0.15, 0.2) is 23.7 Å². The van der Waals surface area contributed by atoms with Crippen LogP contribution >= 0.6 is 11.3 Å². The van der Waals surface area contributed by atoms with Gasteiger partial charge in [0, 0.05) is 42.7 Å². The van der Waals surface area contributed by atoms with E-state index < -0.39 is 11.6 Å². The number of piperidine rings is 1. The average Bonchev–Trinajstić information content (AvgIpc) is 2.96. The Morgan fingerprint density at radius 1 is 1.33 bits per heavy atom. The van der Waals surface area contributed by atoms with Crippen molar-refractivity contribution in [2.45, 2.75) is 38.8 Å². The fourth-order valence-electron chi connectivity index (χ4n) is 2.84. The summed E-state index contributed by atoms with van der Waals surface area (Å²) in [7, 11) is 0. The van der Waals surface area contributed by atoms with Crippen molar-refractivity contribution in [1.29, 1.82) is 0 Å². The summed E-state index contributed by atoms with van der Waals surface area (Å²) in [6.07, 6.45) is 2.48. The molecule has 0 spiro atoms. The molecule has 7 heteroatoms. The number of aromatic nitrogens is 2. The number of aliphatic carboxylic acids is 1. The van der Waals surface area contributed by atoms with Gasteiger partial charge in [0.2, 0.25) is 5.60 Å². The molecule has 1 aliphatic heterocycles. The van der Waals surface area contributed by atoms with E-state index in [0.29, 0.717) is 31.7 Å². The second kappa shape index (κ2) is 6.86. The summed E-state index contributed by atoms with van der Waals surface area (Å²) in [5.41, 5.74) is 0.731. The maximum absolute atomic E-state index is 11.8. The van der Waals surface area contributed by atoms with Crippen molar-refractivity contribution in [2.24, 2.45) is 0 Å². The molecule has 1 fully saturated rings. The van der Waals surface area contributed by atoms with E-state index in [-0.39, 0.29) is 0 Å². The van der Waals surface area contributed by atoms with Gasteiger partial charge >= 0.3 is 5.97 Å². The quantitative estimate of drug-likeness (QED) is 0.896. The first-order chi connectivity index (χ1) is 11.5. The molecule has 0 atom stereocenters. The highest BCUT2D eigenvalue weighted by atomic mass is 32.1. The van der Waals surface area contributed by atoms with Gasteiger partial charge in [-0.1, -0.05) is 0 Å². The molecule has 0 bridgehead atoms. The number of rotatable bonds is 5. The summed E-state index contributed by atoms with van der Waals surface area (Å²) in [5.74, 6) is -0.403. The van der Waals surface area contributed by atoms with Crippen LogP contribution in [0.1, 0.15) is 29.2 Å². The molecule has 0 aliphatic carbocycles. The third-order valence-electron chi connectivity index (χ3n) is 4.28. The maximum Gasteiger partial charge on any atom is 0.348 e. The largest absolute Gasteiger partial charge is 0.478 e. The zero-order valence-electron chi connectivity index (χ0n) is 13.9. The van der Waals surface area contributed by atoms with E-state index in [2.05, 4.69) is 14.9 Å². The fraction of sp³-hybridized carbons (Fsp3) is 0.471. The summed E-state index contributed by atoms with van der Waals surface area (Å²) in [5, 5.41) is 12.8. The Balaban J connectivity index is 1.65. The third kappa shape index (κ3) is 3.73. The van der Waals surface area contributed by atoms with E-state index in [1.807, 2.05) is 25.3 Å². The van der Waals surface area contributed by atoms with Crippen LogP contribution < -0.4 is 4.74 Å². The zero-order valence-corrected chi connectivity index (χ0v) is 14.7. The fourth-order valence-corrected chi connectivity index (χ4v) is 3.65. The van der Waals surface area contributed by atoms with Gasteiger partial charge in [-0.2, -0.15) is 0 Å². The molecule has 3 rings (SSSR count). The number of pyridine rings is 1. The van der Waals surface area contributed by atoms with Crippen molar-refractivity contribution in [2.75, 3.05) is 13.1 Å². The van der Waals surface area contributed by atoms with Gasteiger partial charge in [0.05, 0.1) is 12.7 Å². The molecule has 0 unspecified atom stereocenters. The molecule has 0 radical (unpaired) electrons. The monoisotopic (exact) mass is 347 g/mol. The Morgan fingerprint density at radius 2 is 2.08 bits per heavy atom. The smallest absolute Gasteiger partial charge is 0.348 e. The Bertz CT molecular complexity index is 706.